The molecule has 0 radical (unpaired) electrons. The molecule has 0 aliphatic rings. The maximum atomic E-state index is 9.83. The first kappa shape index (κ1) is 11.9. The van der Waals surface area contributed by atoms with Gasteiger partial charge in [0.2, 0.25) is 0 Å². The summed E-state index contributed by atoms with van der Waals surface area (Å²) in [7, 11) is 1.92. The quantitative estimate of drug-likeness (QED) is 0.868. The van der Waals surface area contributed by atoms with E-state index in [0.29, 0.717) is 6.54 Å². The van der Waals surface area contributed by atoms with Gasteiger partial charge in [-0.25, -0.2) is 9.50 Å². The monoisotopic (exact) mass is 234 g/mol. The fraction of sp³-hybridized carbons (Fsp3) is 0.500. The summed E-state index contributed by atoms with van der Waals surface area (Å²) in [6.07, 6.45) is 3.54. The van der Waals surface area contributed by atoms with Crippen molar-refractivity contribution in [3.8, 4) is 0 Å². The number of anilines is 1. The van der Waals surface area contributed by atoms with Crippen LogP contribution in [0.1, 0.15) is 19.5 Å². The molecule has 5 nitrogen and oxygen atoms in total. The highest BCUT2D eigenvalue weighted by atomic mass is 16.3. The van der Waals surface area contributed by atoms with Gasteiger partial charge < -0.3 is 10.0 Å². The highest BCUT2D eigenvalue weighted by Crippen LogP contribution is 2.19. The first-order valence-corrected chi connectivity index (χ1v) is 5.61. The van der Waals surface area contributed by atoms with Crippen LogP contribution < -0.4 is 4.90 Å². The number of fused-ring (bicyclic) bond motifs is 1. The van der Waals surface area contributed by atoms with Crippen LogP contribution >= 0.6 is 0 Å². The van der Waals surface area contributed by atoms with Crippen LogP contribution in [-0.2, 0) is 0 Å². The fourth-order valence-corrected chi connectivity index (χ4v) is 1.98. The molecule has 0 amide bonds. The van der Waals surface area contributed by atoms with Crippen LogP contribution in [0.25, 0.3) is 5.52 Å². The summed E-state index contributed by atoms with van der Waals surface area (Å²) in [6.45, 7) is 6.03. The Kier molecular flexibility index (Phi) is 2.79. The van der Waals surface area contributed by atoms with Gasteiger partial charge >= 0.3 is 0 Å². The van der Waals surface area contributed by atoms with E-state index in [2.05, 4.69) is 10.1 Å². The number of hydrogen-bond donors (Lipinski definition) is 1. The Morgan fingerprint density at radius 1 is 1.47 bits per heavy atom. The fourth-order valence-electron chi connectivity index (χ4n) is 1.98. The molecule has 2 heterocycles. The third kappa shape index (κ3) is 2.55. The van der Waals surface area contributed by atoms with Gasteiger partial charge in [-0.3, -0.25) is 0 Å². The van der Waals surface area contributed by atoms with E-state index in [0.717, 1.165) is 17.0 Å². The zero-order chi connectivity index (χ0) is 12.6. The number of aromatic nitrogens is 3. The van der Waals surface area contributed by atoms with Crippen LogP contribution in [0, 0.1) is 6.92 Å². The summed E-state index contributed by atoms with van der Waals surface area (Å²) in [5.74, 6) is 0.829. The highest BCUT2D eigenvalue weighted by Gasteiger charge is 2.18. The second-order valence-electron chi connectivity index (χ2n) is 5.03. The number of hydrogen-bond acceptors (Lipinski definition) is 4. The molecule has 0 saturated carbocycles. The zero-order valence-corrected chi connectivity index (χ0v) is 10.7. The molecule has 0 saturated heterocycles. The lowest BCUT2D eigenvalue weighted by Crippen LogP contribution is -2.36. The van der Waals surface area contributed by atoms with E-state index in [9.17, 15) is 5.11 Å². The van der Waals surface area contributed by atoms with Gasteiger partial charge in [0.1, 0.15) is 5.52 Å². The Morgan fingerprint density at radius 3 is 2.82 bits per heavy atom. The van der Waals surface area contributed by atoms with Crippen molar-refractivity contribution >= 4 is 11.3 Å². The molecule has 0 aromatic carbocycles. The SMILES string of the molecule is Cc1cc2c(N(C)CC(C)(C)O)nccn2n1. The summed E-state index contributed by atoms with van der Waals surface area (Å²) in [4.78, 5) is 6.30. The summed E-state index contributed by atoms with van der Waals surface area (Å²) >= 11 is 0. The largest absolute Gasteiger partial charge is 0.389 e. The maximum Gasteiger partial charge on any atom is 0.154 e. The van der Waals surface area contributed by atoms with E-state index in [-0.39, 0.29) is 0 Å². The van der Waals surface area contributed by atoms with Gasteiger partial charge in [-0.1, -0.05) is 0 Å². The Morgan fingerprint density at radius 2 is 2.18 bits per heavy atom. The van der Waals surface area contributed by atoms with Crippen LogP contribution in [-0.4, -0.2) is 38.9 Å². The molecule has 92 valence electrons. The van der Waals surface area contributed by atoms with Crippen molar-refractivity contribution in [3.05, 3.63) is 24.2 Å². The van der Waals surface area contributed by atoms with Crippen molar-refractivity contribution in [3.63, 3.8) is 0 Å². The summed E-state index contributed by atoms with van der Waals surface area (Å²) in [5, 5.41) is 14.2. The maximum absolute atomic E-state index is 9.83. The van der Waals surface area contributed by atoms with E-state index in [4.69, 9.17) is 0 Å². The number of aliphatic hydroxyl groups is 1. The molecule has 2 aromatic heterocycles. The molecule has 0 aliphatic carbocycles. The van der Waals surface area contributed by atoms with Gasteiger partial charge in [-0.2, -0.15) is 5.10 Å². The van der Waals surface area contributed by atoms with Crippen molar-refractivity contribution in [1.29, 1.82) is 0 Å². The van der Waals surface area contributed by atoms with E-state index in [1.807, 2.05) is 31.1 Å². The third-order valence-corrected chi connectivity index (χ3v) is 2.48. The van der Waals surface area contributed by atoms with Crippen molar-refractivity contribution in [2.45, 2.75) is 26.4 Å². The normalized spacial score (nSPS) is 12.1. The van der Waals surface area contributed by atoms with Gasteiger partial charge in [-0.15, -0.1) is 0 Å². The molecule has 0 unspecified atom stereocenters. The number of nitrogens with zero attached hydrogens (tertiary/aromatic N) is 4. The highest BCUT2D eigenvalue weighted by molar-refractivity contribution is 5.68. The van der Waals surface area contributed by atoms with Crippen molar-refractivity contribution in [1.82, 2.24) is 14.6 Å². The minimum Gasteiger partial charge on any atom is -0.389 e. The van der Waals surface area contributed by atoms with Crippen LogP contribution in [0.5, 0.6) is 0 Å². The van der Waals surface area contributed by atoms with Gasteiger partial charge in [0.25, 0.3) is 0 Å². The molecule has 2 rings (SSSR count). The number of rotatable bonds is 3. The van der Waals surface area contributed by atoms with Crippen molar-refractivity contribution in [2.24, 2.45) is 0 Å². The van der Waals surface area contributed by atoms with Crippen LogP contribution in [0.3, 0.4) is 0 Å². The van der Waals surface area contributed by atoms with Gasteiger partial charge in [-0.05, 0) is 26.8 Å². The lowest BCUT2D eigenvalue weighted by molar-refractivity contribution is 0.0885. The van der Waals surface area contributed by atoms with Crippen molar-refractivity contribution < 1.29 is 5.11 Å². The molecule has 17 heavy (non-hydrogen) atoms. The molecular weight excluding hydrogens is 216 g/mol. The molecule has 2 aromatic rings. The molecule has 1 N–H and O–H groups in total. The first-order valence-electron chi connectivity index (χ1n) is 5.61. The smallest absolute Gasteiger partial charge is 0.154 e. The second kappa shape index (κ2) is 4.00. The van der Waals surface area contributed by atoms with Crippen LogP contribution in [0.2, 0.25) is 0 Å². The van der Waals surface area contributed by atoms with E-state index < -0.39 is 5.60 Å². The topological polar surface area (TPSA) is 53.7 Å². The zero-order valence-electron chi connectivity index (χ0n) is 10.7. The molecule has 0 aliphatic heterocycles. The second-order valence-corrected chi connectivity index (χ2v) is 5.03. The number of likely N-dealkylation sites (N-methyl/N-ethyl adjacent to an activating group) is 1. The van der Waals surface area contributed by atoms with Gasteiger partial charge in [0.15, 0.2) is 5.82 Å². The Bertz CT molecular complexity index is 527. The molecule has 0 fully saturated rings. The average molecular weight is 234 g/mol. The van der Waals surface area contributed by atoms with Crippen molar-refractivity contribution in [2.75, 3.05) is 18.5 Å². The van der Waals surface area contributed by atoms with Crippen LogP contribution in [0.4, 0.5) is 5.82 Å². The predicted molar refractivity (Wildman–Crippen MR) is 67.3 cm³/mol. The lowest BCUT2D eigenvalue weighted by atomic mass is 10.1. The van der Waals surface area contributed by atoms with E-state index in [1.165, 1.54) is 0 Å². The molecular formula is C12H18N4O. The molecule has 0 bridgehead atoms. The predicted octanol–water partition coefficient (Wildman–Crippen LogP) is 1.24. The summed E-state index contributed by atoms with van der Waals surface area (Å²) < 4.78 is 1.80. The summed E-state index contributed by atoms with van der Waals surface area (Å²) in [6, 6.07) is 1.99. The Labute approximate surface area is 101 Å². The van der Waals surface area contributed by atoms with Gasteiger partial charge in [0.05, 0.1) is 11.3 Å². The lowest BCUT2D eigenvalue weighted by Gasteiger charge is -2.26. The van der Waals surface area contributed by atoms with E-state index >= 15 is 0 Å². The van der Waals surface area contributed by atoms with Gasteiger partial charge in [0, 0.05) is 26.0 Å². The molecule has 0 atom stereocenters. The molecule has 0 spiro atoms. The average Bonchev–Trinajstić information content (AvgIpc) is 2.54. The minimum absolute atomic E-state index is 0.518. The summed E-state index contributed by atoms with van der Waals surface area (Å²) in [5.41, 5.74) is 1.16. The Hall–Kier alpha value is -1.62. The minimum atomic E-state index is -0.752. The first-order chi connectivity index (χ1) is 7.87. The van der Waals surface area contributed by atoms with E-state index in [1.54, 1.807) is 24.6 Å². The number of aryl methyl sites for hydroxylation is 1. The Balaban J connectivity index is 2.41. The third-order valence-electron chi connectivity index (χ3n) is 2.48. The molecule has 5 heteroatoms. The van der Waals surface area contributed by atoms with Crippen LogP contribution in [0.15, 0.2) is 18.5 Å². The standard InChI is InChI=1S/C12H18N4O/c1-9-7-10-11(13-5-6-16(10)14-9)15(4)8-12(2,3)17/h5-7,17H,8H2,1-4H3.